The first-order chi connectivity index (χ1) is 37.7. The van der Waals surface area contributed by atoms with E-state index in [0.717, 1.165) is 131 Å². The van der Waals surface area contributed by atoms with Crippen molar-refractivity contribution in [2.75, 3.05) is 74.8 Å². The second-order valence-electron chi connectivity index (χ2n) is 20.5. The number of benzene rings is 3. The first-order valence-corrected chi connectivity index (χ1v) is 30.2. The minimum atomic E-state index is -1.03. The van der Waals surface area contributed by atoms with Crippen molar-refractivity contribution in [1.29, 1.82) is 0 Å². The highest BCUT2D eigenvalue weighted by atomic mass is 33.1. The largest absolute Gasteiger partial charge is 0.478 e. The van der Waals surface area contributed by atoms with Crippen molar-refractivity contribution in [2.45, 2.75) is 96.3 Å². The van der Waals surface area contributed by atoms with Crippen LogP contribution in [0.25, 0.3) is 16.6 Å². The lowest BCUT2D eigenvalue weighted by atomic mass is 9.81. The van der Waals surface area contributed by atoms with Gasteiger partial charge in [-0.3, -0.25) is 10.1 Å². The van der Waals surface area contributed by atoms with Crippen LogP contribution in [0.3, 0.4) is 0 Å². The smallest absolute Gasteiger partial charge is 0.336 e. The number of anilines is 2. The van der Waals surface area contributed by atoms with Gasteiger partial charge < -0.3 is 54.6 Å². The Morgan fingerprint density at radius 2 is 1.78 bits per heavy atom. The van der Waals surface area contributed by atoms with Crippen LogP contribution in [0.1, 0.15) is 124 Å². The Morgan fingerprint density at radius 3 is 2.64 bits per heavy atom. The fourth-order valence-corrected chi connectivity index (χ4v) is 14.0. The molecule has 404 valence electrons. The molecule has 0 radical (unpaired) electrons. The Hall–Kier alpha value is -5.91. The number of nitrogen functional groups attached to an aromatic ring is 1. The van der Waals surface area contributed by atoms with Gasteiger partial charge in [-0.15, -0.1) is 0 Å². The molecule has 11 rings (SSSR count). The summed E-state index contributed by atoms with van der Waals surface area (Å²) in [6.45, 7) is 7.99. The number of carbonyl (C=O) groups is 3. The molecule has 0 aliphatic carbocycles. The number of nitrogens with one attached hydrogen (secondary N) is 3. The van der Waals surface area contributed by atoms with Gasteiger partial charge in [-0.2, -0.15) is 0 Å². The number of aryl methyl sites for hydroxylation is 2. The van der Waals surface area contributed by atoms with Crippen molar-refractivity contribution in [2.24, 2.45) is 5.92 Å². The lowest BCUT2D eigenvalue weighted by Gasteiger charge is -2.39. The number of carboxylic acid groups (broad SMARTS) is 1. The molecule has 5 aromatic rings. The van der Waals surface area contributed by atoms with Gasteiger partial charge in [0.15, 0.2) is 9.03 Å². The number of carbonyl (C=O) groups excluding carboxylic acids is 2. The van der Waals surface area contributed by atoms with Crippen molar-refractivity contribution in [1.82, 2.24) is 35.1 Å². The summed E-state index contributed by atoms with van der Waals surface area (Å²) in [5.74, 6) is 4.97. The maximum atomic E-state index is 13.9. The molecule has 0 bridgehead atoms. The highest BCUT2D eigenvalue weighted by molar-refractivity contribution is 8.76. The number of amides is 3. The molecule has 77 heavy (non-hydrogen) atoms. The second-order valence-corrected chi connectivity index (χ2v) is 23.5. The standard InChI is InChI=1S/C56H64N9O9PS2/c1-33-25-38(30-72-75-70)73-54(33)65-29-37(45-51(57)61-31-62-52(45)65)15-17-60-56(69)59-16-3-2-4-23-71-32-77-76-24-18-58-53(66)36-13-14-39(55(67)68)42(28-36)46-43-26-34-9-5-19-63-21-7-11-40(47(34)63)49(43)74-50-41-12-8-22-64-20-6-10-35(48(41)64)27-44(46)50/h13-14,26-29,31,33,38,54,70,75H,2-12,16,18-25,30,32H2,1H3,(H5-,57,58,59,60,61,62,66,67,68,69)/p+1/t33?,38-,54+/m0/s1. The van der Waals surface area contributed by atoms with Gasteiger partial charge in [0.25, 0.3) is 5.91 Å². The maximum absolute atomic E-state index is 13.9. The number of hydrogen-bond acceptors (Lipinski definition) is 14. The van der Waals surface area contributed by atoms with E-state index in [1.165, 1.54) is 39.6 Å². The molecule has 2 unspecified atom stereocenters. The molecule has 1 fully saturated rings. The normalized spacial score (nSPS) is 19.0. The zero-order valence-corrected chi connectivity index (χ0v) is 45.8. The Labute approximate surface area is 456 Å². The molecule has 21 heteroatoms. The molecule has 3 aromatic carbocycles. The van der Waals surface area contributed by atoms with E-state index >= 15 is 0 Å². The summed E-state index contributed by atoms with van der Waals surface area (Å²) in [4.78, 5) is 59.8. The van der Waals surface area contributed by atoms with Gasteiger partial charge in [0.1, 0.15) is 54.5 Å². The maximum Gasteiger partial charge on any atom is 0.336 e. The minimum Gasteiger partial charge on any atom is -0.478 e. The predicted octanol–water partition coefficient (Wildman–Crippen LogP) is 6.15. The van der Waals surface area contributed by atoms with Crippen molar-refractivity contribution < 1.29 is 43.1 Å². The summed E-state index contributed by atoms with van der Waals surface area (Å²) in [5.41, 5.74) is 16.6. The van der Waals surface area contributed by atoms with Crippen LogP contribution in [-0.2, 0) is 39.7 Å². The zero-order valence-electron chi connectivity index (χ0n) is 43.2. The highest BCUT2D eigenvalue weighted by Crippen LogP contribution is 2.49. The van der Waals surface area contributed by atoms with Gasteiger partial charge in [0.2, 0.25) is 5.36 Å². The number of hydrogen-bond donors (Lipinski definition) is 6. The first-order valence-electron chi connectivity index (χ1n) is 26.9. The van der Waals surface area contributed by atoms with E-state index in [-0.39, 0.29) is 35.5 Å². The van der Waals surface area contributed by atoms with Crippen molar-refractivity contribution >= 4 is 76.6 Å². The molecule has 18 nitrogen and oxygen atoms in total. The van der Waals surface area contributed by atoms with Crippen LogP contribution < -0.4 is 46.5 Å². The average Bonchev–Trinajstić information content (AvgIpc) is 4.05. The number of nitrogens with zero attached hydrogens (tertiary/aromatic N) is 5. The topological polar surface area (TPSA) is 228 Å². The van der Waals surface area contributed by atoms with Crippen molar-refractivity contribution in [3.05, 3.63) is 104 Å². The number of carboxylic acids is 1. The van der Waals surface area contributed by atoms with E-state index in [9.17, 15) is 19.5 Å². The van der Waals surface area contributed by atoms with Crippen LogP contribution in [0.5, 0.6) is 11.5 Å². The van der Waals surface area contributed by atoms with Crippen molar-refractivity contribution in [3.63, 3.8) is 0 Å². The van der Waals surface area contributed by atoms with E-state index < -0.39 is 21.0 Å². The molecular formula is C56H65N9O9PS2+. The Kier molecular flexibility index (Phi) is 16.5. The SMILES string of the molecule is CC1C[C@@H](COPO)O[C@H]1n1cc(C#CNC(=O)NCCCCCOCSSCCNC(=O)c2ccc(C(=O)O)c(C3=c4cc5c6c(c4Oc4c3cc3c7c4CCCN7CCC3)CCC[N+]=6CCC5)c2)c2c(N)ncnc21. The molecule has 6 aliphatic heterocycles. The fraction of sp³-hybridized carbons (Fsp3) is 0.464. The average molecular weight is 1100 g/mol. The number of urea groups is 1. The number of fused-ring (bicyclic) bond motifs is 5. The van der Waals surface area contributed by atoms with Crippen LogP contribution in [-0.4, -0.2) is 113 Å². The minimum absolute atomic E-state index is 0.138. The molecule has 8 heterocycles. The van der Waals surface area contributed by atoms with Crippen molar-refractivity contribution in [3.8, 4) is 23.5 Å². The van der Waals surface area contributed by atoms with Gasteiger partial charge in [0.05, 0.1) is 34.8 Å². The third-order valence-corrected chi connectivity index (χ3v) is 17.9. The summed E-state index contributed by atoms with van der Waals surface area (Å²) in [7, 11) is 2.60. The number of unbranched alkanes of at least 4 members (excludes halogenated alkanes) is 2. The monoisotopic (exact) mass is 1100 g/mol. The van der Waals surface area contributed by atoms with Crippen LogP contribution in [0.2, 0.25) is 0 Å². The third kappa shape index (κ3) is 11.1. The number of aromatic carboxylic acids is 1. The van der Waals surface area contributed by atoms with E-state index in [1.54, 1.807) is 39.8 Å². The van der Waals surface area contributed by atoms with Gasteiger partial charge in [0, 0.05) is 108 Å². The molecule has 6 aliphatic rings. The lowest BCUT2D eigenvalue weighted by molar-refractivity contribution is -0.0239. The Bertz CT molecular complexity index is 3320. The van der Waals surface area contributed by atoms with Gasteiger partial charge in [-0.25, -0.2) is 24.1 Å². The second kappa shape index (κ2) is 24.0. The van der Waals surface area contributed by atoms with Gasteiger partial charge >= 0.3 is 12.0 Å². The molecular weight excluding hydrogens is 1040 g/mol. The van der Waals surface area contributed by atoms with Crippen LogP contribution in [0.15, 0.2) is 42.9 Å². The molecule has 7 N–H and O–H groups in total. The first kappa shape index (κ1) is 53.1. The fourth-order valence-electron chi connectivity index (χ4n) is 12.2. The Morgan fingerprint density at radius 1 is 0.948 bits per heavy atom. The molecule has 1 saturated heterocycles. The van der Waals surface area contributed by atoms with Crippen LogP contribution in [0, 0.1) is 17.9 Å². The summed E-state index contributed by atoms with van der Waals surface area (Å²) in [5, 5.41) is 22.1. The Balaban J connectivity index is 0.650. The van der Waals surface area contributed by atoms with Crippen LogP contribution >= 0.6 is 30.6 Å². The number of ether oxygens (including phenoxy) is 3. The highest BCUT2D eigenvalue weighted by Gasteiger charge is 2.38. The number of rotatable bonds is 19. The van der Waals surface area contributed by atoms with E-state index in [4.69, 9.17) is 29.4 Å². The molecule has 4 atom stereocenters. The molecule has 0 spiro atoms. The van der Waals surface area contributed by atoms with E-state index in [0.29, 0.717) is 65.7 Å². The third-order valence-electron chi connectivity index (χ3n) is 15.5. The quantitative estimate of drug-likeness (QED) is 0.0102. The van der Waals surface area contributed by atoms with Gasteiger partial charge in [-0.05, 0) is 112 Å². The van der Waals surface area contributed by atoms with E-state index in [1.807, 2.05) is 10.8 Å². The number of nitrogens with two attached hydrogens (primary N) is 1. The zero-order chi connectivity index (χ0) is 53.0. The summed E-state index contributed by atoms with van der Waals surface area (Å²) >= 11 is 0. The summed E-state index contributed by atoms with van der Waals surface area (Å²) in [6, 6.07) is 11.9. The number of aromatic nitrogens is 3. The van der Waals surface area contributed by atoms with E-state index in [2.05, 4.69) is 66.4 Å². The lowest BCUT2D eigenvalue weighted by Crippen LogP contribution is -2.45. The summed E-state index contributed by atoms with van der Waals surface area (Å²) < 4.78 is 28.8. The predicted molar refractivity (Wildman–Crippen MR) is 300 cm³/mol. The molecule has 2 aromatic heterocycles. The summed E-state index contributed by atoms with van der Waals surface area (Å²) in [6.07, 6.45) is 13.9. The molecule has 0 saturated carbocycles. The van der Waals surface area contributed by atoms with Gasteiger partial charge in [-0.1, -0.05) is 28.5 Å². The molecule has 3 amide bonds. The van der Waals surface area contributed by atoms with Crippen LogP contribution in [0.4, 0.5) is 16.3 Å².